The van der Waals surface area contributed by atoms with Crippen molar-refractivity contribution in [1.29, 1.82) is 0 Å². The molecule has 0 saturated carbocycles. The summed E-state index contributed by atoms with van der Waals surface area (Å²) in [6.07, 6.45) is 0. The van der Waals surface area contributed by atoms with Gasteiger partial charge in [-0.2, -0.15) is 0 Å². The third-order valence-electron chi connectivity index (χ3n) is 5.16. The second kappa shape index (κ2) is 11.7. The Bertz CT molecular complexity index is 1250. The van der Waals surface area contributed by atoms with Gasteiger partial charge < -0.3 is 15.4 Å². The fourth-order valence-corrected chi connectivity index (χ4v) is 4.41. The second-order valence-corrected chi connectivity index (χ2v) is 8.99. The predicted molar refractivity (Wildman–Crippen MR) is 142 cm³/mol. The highest BCUT2D eigenvalue weighted by Gasteiger charge is 2.32. The van der Waals surface area contributed by atoms with Gasteiger partial charge in [-0.3, -0.25) is 4.79 Å². The van der Waals surface area contributed by atoms with E-state index in [2.05, 4.69) is 10.6 Å². The number of aliphatic imine (C=N–C) groups is 1. The fourth-order valence-electron chi connectivity index (χ4n) is 3.59. The number of nitrogens with zero attached hydrogens (tertiary/aromatic N) is 1. The van der Waals surface area contributed by atoms with Crippen molar-refractivity contribution in [3.8, 4) is 0 Å². The van der Waals surface area contributed by atoms with E-state index in [1.165, 1.54) is 11.8 Å². The van der Waals surface area contributed by atoms with Gasteiger partial charge in [-0.25, -0.2) is 9.79 Å². The summed E-state index contributed by atoms with van der Waals surface area (Å²) in [6, 6.07) is 25.5. The van der Waals surface area contributed by atoms with Gasteiger partial charge in [0.15, 0.2) is 5.17 Å². The smallest absolute Gasteiger partial charge is 0.338 e. The summed E-state index contributed by atoms with van der Waals surface area (Å²) in [6.45, 7) is 2.03. The topological polar surface area (TPSA) is 79.8 Å². The molecule has 1 amide bonds. The summed E-state index contributed by atoms with van der Waals surface area (Å²) in [7, 11) is 0. The van der Waals surface area contributed by atoms with Crippen LogP contribution in [0.25, 0.3) is 5.70 Å². The van der Waals surface area contributed by atoms with Gasteiger partial charge >= 0.3 is 5.97 Å². The monoisotopic (exact) mass is 505 g/mol. The normalized spacial score (nSPS) is 15.1. The first kappa shape index (κ1) is 24.6. The highest BCUT2D eigenvalue weighted by molar-refractivity contribution is 8.14. The number of amides is 1. The molecule has 8 heteroatoms. The fraction of sp³-hybridized carbons (Fsp3) is 0.148. The number of hydrogen-bond acceptors (Lipinski definition) is 6. The Morgan fingerprint density at radius 3 is 2.31 bits per heavy atom. The molecule has 1 atom stereocenters. The van der Waals surface area contributed by atoms with E-state index in [-0.39, 0.29) is 18.3 Å². The molecule has 1 heterocycles. The number of nitrogens with one attached hydrogen (secondary N) is 2. The third kappa shape index (κ3) is 6.32. The number of amidine groups is 1. The zero-order valence-corrected chi connectivity index (χ0v) is 20.6. The number of esters is 1. The zero-order valence-electron chi connectivity index (χ0n) is 19.0. The van der Waals surface area contributed by atoms with Crippen molar-refractivity contribution in [2.75, 3.05) is 17.7 Å². The summed E-state index contributed by atoms with van der Waals surface area (Å²) < 4.78 is 5.41. The first-order chi connectivity index (χ1) is 17.0. The van der Waals surface area contributed by atoms with Gasteiger partial charge in [0.05, 0.1) is 23.6 Å². The Balaban J connectivity index is 1.63. The van der Waals surface area contributed by atoms with Crippen LogP contribution < -0.4 is 10.6 Å². The predicted octanol–water partition coefficient (Wildman–Crippen LogP) is 5.69. The molecular weight excluding hydrogens is 482 g/mol. The molecule has 3 aromatic carbocycles. The van der Waals surface area contributed by atoms with Crippen molar-refractivity contribution in [1.82, 2.24) is 5.32 Å². The highest BCUT2D eigenvalue weighted by Crippen LogP contribution is 2.36. The summed E-state index contributed by atoms with van der Waals surface area (Å²) in [5.41, 5.74) is 3.40. The van der Waals surface area contributed by atoms with Crippen molar-refractivity contribution in [2.24, 2.45) is 4.99 Å². The molecule has 0 aromatic heterocycles. The Kier molecular flexibility index (Phi) is 8.23. The van der Waals surface area contributed by atoms with Crippen LogP contribution in [0, 0.1) is 0 Å². The van der Waals surface area contributed by atoms with Crippen LogP contribution >= 0.6 is 23.4 Å². The van der Waals surface area contributed by atoms with Crippen molar-refractivity contribution < 1.29 is 14.3 Å². The molecule has 0 bridgehead atoms. The van der Waals surface area contributed by atoms with Crippen LogP contribution in [0.2, 0.25) is 5.02 Å². The van der Waals surface area contributed by atoms with Crippen LogP contribution in [-0.2, 0) is 14.3 Å². The lowest BCUT2D eigenvalue weighted by Gasteiger charge is -2.27. The molecule has 1 aliphatic rings. The molecule has 2 N–H and O–H groups in total. The Hall–Kier alpha value is -3.55. The lowest BCUT2D eigenvalue weighted by molar-refractivity contribution is -0.138. The van der Waals surface area contributed by atoms with Crippen LogP contribution in [0.1, 0.15) is 24.1 Å². The van der Waals surface area contributed by atoms with Gasteiger partial charge in [0, 0.05) is 10.7 Å². The molecule has 4 rings (SSSR count). The van der Waals surface area contributed by atoms with Crippen LogP contribution in [0.5, 0.6) is 0 Å². The van der Waals surface area contributed by atoms with Gasteiger partial charge in [-0.05, 0) is 42.3 Å². The van der Waals surface area contributed by atoms with Crippen molar-refractivity contribution in [3.05, 3.63) is 107 Å². The molecule has 6 nitrogen and oxygen atoms in total. The number of halogens is 1. The van der Waals surface area contributed by atoms with E-state index in [1.54, 1.807) is 31.2 Å². The van der Waals surface area contributed by atoms with Gasteiger partial charge in [0.25, 0.3) is 0 Å². The average Bonchev–Trinajstić information content (AvgIpc) is 2.89. The lowest BCUT2D eigenvalue weighted by atomic mass is 9.94. The first-order valence-electron chi connectivity index (χ1n) is 11.1. The van der Waals surface area contributed by atoms with Crippen LogP contribution in [0.15, 0.2) is 95.5 Å². The molecular formula is C27H24ClN3O3S. The van der Waals surface area contributed by atoms with Gasteiger partial charge in [-0.15, -0.1) is 0 Å². The number of carbonyl (C=O) groups is 2. The van der Waals surface area contributed by atoms with Crippen molar-refractivity contribution in [3.63, 3.8) is 0 Å². The number of ether oxygens (including phenoxy) is 1. The van der Waals surface area contributed by atoms with Crippen molar-refractivity contribution >= 4 is 51.8 Å². The van der Waals surface area contributed by atoms with E-state index in [1.807, 2.05) is 60.7 Å². The quantitative estimate of drug-likeness (QED) is 0.403. The third-order valence-corrected chi connectivity index (χ3v) is 6.30. The van der Waals surface area contributed by atoms with Crippen LogP contribution in [0.4, 0.5) is 5.69 Å². The maximum absolute atomic E-state index is 13.1. The number of rotatable bonds is 7. The Morgan fingerprint density at radius 1 is 1.00 bits per heavy atom. The molecule has 0 fully saturated rings. The Labute approximate surface area is 213 Å². The van der Waals surface area contributed by atoms with Gasteiger partial charge in [-0.1, -0.05) is 84.0 Å². The minimum Gasteiger partial charge on any atom is -0.463 e. The van der Waals surface area contributed by atoms with E-state index in [9.17, 15) is 9.59 Å². The number of benzene rings is 3. The molecule has 0 aliphatic carbocycles. The standard InChI is InChI=1S/C27H24ClN3O3S/c1-2-34-26(33)23-24(18-9-5-3-6-10-18)30-27(31-25(23)19-11-7-4-8-12-19)35-17-22(32)29-21-15-13-20(28)14-16-21/h3-16,24H,2,17H2,1H3,(H,29,32)(H,30,31)/t24-/m0/s1. The molecule has 1 aliphatic heterocycles. The zero-order chi connectivity index (χ0) is 24.6. The van der Waals surface area contributed by atoms with E-state index in [0.717, 1.165) is 11.1 Å². The maximum atomic E-state index is 13.1. The number of hydrogen-bond donors (Lipinski definition) is 2. The Morgan fingerprint density at radius 2 is 1.66 bits per heavy atom. The molecule has 178 valence electrons. The van der Waals surface area contributed by atoms with E-state index in [0.29, 0.717) is 27.1 Å². The highest BCUT2D eigenvalue weighted by atomic mass is 35.5. The average molecular weight is 506 g/mol. The van der Waals surface area contributed by atoms with Crippen LogP contribution in [0.3, 0.4) is 0 Å². The first-order valence-corrected chi connectivity index (χ1v) is 12.5. The van der Waals surface area contributed by atoms with Crippen molar-refractivity contribution in [2.45, 2.75) is 13.0 Å². The lowest BCUT2D eigenvalue weighted by Crippen LogP contribution is -2.31. The van der Waals surface area contributed by atoms with Gasteiger partial charge in [0.1, 0.15) is 6.04 Å². The maximum Gasteiger partial charge on any atom is 0.338 e. The van der Waals surface area contributed by atoms with E-state index < -0.39 is 12.0 Å². The second-order valence-electron chi connectivity index (χ2n) is 7.59. The SMILES string of the molecule is CCOC(=O)C1=C(c2ccccc2)NC(SCC(=O)Nc2ccc(Cl)cc2)=N[C@H]1c1ccccc1. The molecule has 0 saturated heterocycles. The largest absolute Gasteiger partial charge is 0.463 e. The van der Waals surface area contributed by atoms with E-state index >= 15 is 0 Å². The summed E-state index contributed by atoms with van der Waals surface area (Å²) >= 11 is 7.18. The summed E-state index contributed by atoms with van der Waals surface area (Å²) in [5.74, 6) is -0.479. The summed E-state index contributed by atoms with van der Waals surface area (Å²) in [4.78, 5) is 30.5. The molecule has 35 heavy (non-hydrogen) atoms. The number of carbonyl (C=O) groups excluding carboxylic acids is 2. The number of thioether (sulfide) groups is 1. The van der Waals surface area contributed by atoms with Crippen LogP contribution in [-0.4, -0.2) is 29.4 Å². The number of anilines is 1. The molecule has 3 aromatic rings. The molecule has 0 radical (unpaired) electrons. The van der Waals surface area contributed by atoms with Gasteiger partial charge in [0.2, 0.25) is 5.91 Å². The molecule has 0 spiro atoms. The minimum absolute atomic E-state index is 0.132. The summed E-state index contributed by atoms with van der Waals surface area (Å²) in [5, 5.41) is 7.27. The minimum atomic E-state index is -0.575. The van der Waals surface area contributed by atoms with E-state index in [4.69, 9.17) is 21.3 Å². The molecule has 0 unspecified atom stereocenters.